The molecule has 2 aliphatic rings. The number of piperazine rings is 1. The molecule has 0 amide bonds. The molecule has 0 bridgehead atoms. The number of anilines is 1. The van der Waals surface area contributed by atoms with Crippen LogP contribution in [0, 0.1) is 6.92 Å². The standard InChI is InChI=1S/C15H22N4O/c1-12-3-2-4-14(9-12)19-7-5-18(6-8-19)10-13-11-20-15(16)17-13/h2-4,9,13H,5-8,10-11H2,1H3,(H2,16,17). The highest BCUT2D eigenvalue weighted by Crippen LogP contribution is 2.18. The average molecular weight is 274 g/mol. The predicted octanol–water partition coefficient (Wildman–Crippen LogP) is 0.831. The fourth-order valence-corrected chi connectivity index (χ4v) is 2.84. The molecule has 20 heavy (non-hydrogen) atoms. The first-order valence-electron chi connectivity index (χ1n) is 7.21. The van der Waals surface area contributed by atoms with E-state index in [1.807, 2.05) is 0 Å². The van der Waals surface area contributed by atoms with Gasteiger partial charge in [0.25, 0.3) is 6.02 Å². The molecule has 2 aliphatic heterocycles. The Labute approximate surface area is 120 Å². The minimum atomic E-state index is 0.209. The van der Waals surface area contributed by atoms with Crippen molar-refractivity contribution >= 4 is 11.7 Å². The lowest BCUT2D eigenvalue weighted by molar-refractivity contribution is 0.219. The van der Waals surface area contributed by atoms with Crippen molar-refractivity contribution in [2.45, 2.75) is 13.0 Å². The summed E-state index contributed by atoms with van der Waals surface area (Å²) in [5.41, 5.74) is 8.19. The van der Waals surface area contributed by atoms with Crippen LogP contribution >= 0.6 is 0 Å². The topological polar surface area (TPSA) is 54.1 Å². The smallest absolute Gasteiger partial charge is 0.282 e. The molecule has 0 aromatic heterocycles. The lowest BCUT2D eigenvalue weighted by Gasteiger charge is -2.36. The van der Waals surface area contributed by atoms with Crippen LogP contribution in [-0.2, 0) is 4.74 Å². The van der Waals surface area contributed by atoms with Gasteiger partial charge in [0, 0.05) is 38.4 Å². The lowest BCUT2D eigenvalue weighted by Crippen LogP contribution is -2.48. The van der Waals surface area contributed by atoms with Crippen LogP contribution in [0.25, 0.3) is 0 Å². The number of aliphatic imine (C=N–C) groups is 1. The number of nitrogens with two attached hydrogens (primary N) is 1. The van der Waals surface area contributed by atoms with Crippen LogP contribution in [-0.4, -0.2) is 56.3 Å². The normalized spacial score (nSPS) is 23.6. The van der Waals surface area contributed by atoms with Gasteiger partial charge in [-0.05, 0) is 24.6 Å². The summed E-state index contributed by atoms with van der Waals surface area (Å²) in [5, 5.41) is 0. The second kappa shape index (κ2) is 5.71. The highest BCUT2D eigenvalue weighted by Gasteiger charge is 2.23. The van der Waals surface area contributed by atoms with Crippen LogP contribution in [0.5, 0.6) is 0 Å². The van der Waals surface area contributed by atoms with Crippen LogP contribution in [0.15, 0.2) is 29.3 Å². The van der Waals surface area contributed by atoms with Crippen molar-refractivity contribution in [1.82, 2.24) is 4.90 Å². The van der Waals surface area contributed by atoms with E-state index >= 15 is 0 Å². The number of hydrogen-bond acceptors (Lipinski definition) is 5. The Morgan fingerprint density at radius 2 is 2.10 bits per heavy atom. The molecule has 108 valence electrons. The van der Waals surface area contributed by atoms with E-state index in [-0.39, 0.29) is 6.04 Å². The molecule has 1 unspecified atom stereocenters. The maximum absolute atomic E-state index is 5.54. The van der Waals surface area contributed by atoms with E-state index in [1.54, 1.807) is 0 Å². The molecule has 5 heteroatoms. The summed E-state index contributed by atoms with van der Waals surface area (Å²) in [5.74, 6) is 0. The van der Waals surface area contributed by atoms with E-state index in [2.05, 4.69) is 46.0 Å². The maximum Gasteiger partial charge on any atom is 0.282 e. The Balaban J connectivity index is 1.52. The quantitative estimate of drug-likeness (QED) is 0.887. The molecule has 5 nitrogen and oxygen atoms in total. The Morgan fingerprint density at radius 3 is 2.75 bits per heavy atom. The highest BCUT2D eigenvalue weighted by atomic mass is 16.5. The summed E-state index contributed by atoms with van der Waals surface area (Å²) in [6, 6.07) is 9.27. The van der Waals surface area contributed by atoms with Crippen LogP contribution in [0.1, 0.15) is 5.56 Å². The second-order valence-electron chi connectivity index (χ2n) is 5.56. The molecule has 1 aromatic rings. The van der Waals surface area contributed by atoms with Gasteiger partial charge in [-0.25, -0.2) is 4.99 Å². The van der Waals surface area contributed by atoms with Gasteiger partial charge in [-0.2, -0.15) is 0 Å². The SMILES string of the molecule is Cc1cccc(N2CCN(CC3COC(N)=N3)CC2)c1. The number of nitrogens with zero attached hydrogens (tertiary/aromatic N) is 3. The molecule has 3 rings (SSSR count). The summed E-state index contributed by atoms with van der Waals surface area (Å²) in [4.78, 5) is 9.19. The zero-order valence-corrected chi connectivity index (χ0v) is 12.0. The van der Waals surface area contributed by atoms with Gasteiger partial charge in [0.2, 0.25) is 0 Å². The fourth-order valence-electron chi connectivity index (χ4n) is 2.84. The Hall–Kier alpha value is -1.75. The van der Waals surface area contributed by atoms with Crippen molar-refractivity contribution in [3.05, 3.63) is 29.8 Å². The van der Waals surface area contributed by atoms with Gasteiger partial charge in [-0.15, -0.1) is 0 Å². The first-order chi connectivity index (χ1) is 9.70. The average Bonchev–Trinajstić information content (AvgIpc) is 2.85. The summed E-state index contributed by atoms with van der Waals surface area (Å²) in [6.45, 7) is 7.99. The van der Waals surface area contributed by atoms with Crippen molar-refractivity contribution in [3.63, 3.8) is 0 Å². The third-order valence-corrected chi connectivity index (χ3v) is 3.94. The molecule has 0 aliphatic carbocycles. The Kier molecular flexibility index (Phi) is 3.78. The molecule has 1 fully saturated rings. The van der Waals surface area contributed by atoms with Gasteiger partial charge in [-0.3, -0.25) is 4.90 Å². The minimum absolute atomic E-state index is 0.209. The first kappa shape index (κ1) is 13.2. The molecular formula is C15H22N4O. The second-order valence-corrected chi connectivity index (χ2v) is 5.56. The van der Waals surface area contributed by atoms with Crippen molar-refractivity contribution in [2.75, 3.05) is 44.2 Å². The third-order valence-electron chi connectivity index (χ3n) is 3.94. The summed E-state index contributed by atoms with van der Waals surface area (Å²) in [7, 11) is 0. The summed E-state index contributed by atoms with van der Waals surface area (Å²) >= 11 is 0. The Bertz CT molecular complexity index is 494. The van der Waals surface area contributed by atoms with Gasteiger partial charge in [-0.1, -0.05) is 12.1 Å². The van der Waals surface area contributed by atoms with Crippen molar-refractivity contribution in [2.24, 2.45) is 10.7 Å². The summed E-state index contributed by atoms with van der Waals surface area (Å²) < 4.78 is 5.20. The van der Waals surface area contributed by atoms with Crippen molar-refractivity contribution < 1.29 is 4.74 Å². The van der Waals surface area contributed by atoms with Crippen LogP contribution in [0.3, 0.4) is 0 Å². The third kappa shape index (κ3) is 3.04. The van der Waals surface area contributed by atoms with Crippen LogP contribution in [0.4, 0.5) is 5.69 Å². The number of aryl methyl sites for hydroxylation is 1. The van der Waals surface area contributed by atoms with Crippen LogP contribution in [0.2, 0.25) is 0 Å². The van der Waals surface area contributed by atoms with Gasteiger partial charge in [0.1, 0.15) is 12.6 Å². The maximum atomic E-state index is 5.54. The minimum Gasteiger partial charge on any atom is -0.463 e. The molecule has 0 spiro atoms. The van der Waals surface area contributed by atoms with Gasteiger partial charge in [0.05, 0.1) is 0 Å². The van der Waals surface area contributed by atoms with E-state index in [1.165, 1.54) is 11.3 Å². The number of hydrogen-bond donors (Lipinski definition) is 1. The largest absolute Gasteiger partial charge is 0.463 e. The number of ether oxygens (including phenoxy) is 1. The number of rotatable bonds is 3. The van der Waals surface area contributed by atoms with E-state index in [4.69, 9.17) is 10.5 Å². The van der Waals surface area contributed by atoms with Crippen molar-refractivity contribution in [3.8, 4) is 0 Å². The lowest BCUT2D eigenvalue weighted by atomic mass is 10.2. The first-order valence-corrected chi connectivity index (χ1v) is 7.21. The monoisotopic (exact) mass is 274 g/mol. The number of benzene rings is 1. The van der Waals surface area contributed by atoms with E-state index in [9.17, 15) is 0 Å². The molecule has 1 saturated heterocycles. The predicted molar refractivity (Wildman–Crippen MR) is 81.2 cm³/mol. The molecule has 1 atom stereocenters. The van der Waals surface area contributed by atoms with Gasteiger partial charge >= 0.3 is 0 Å². The molecule has 1 aromatic carbocycles. The highest BCUT2D eigenvalue weighted by molar-refractivity contribution is 5.73. The van der Waals surface area contributed by atoms with Gasteiger partial charge in [0.15, 0.2) is 0 Å². The zero-order valence-electron chi connectivity index (χ0n) is 12.0. The number of amidine groups is 1. The zero-order chi connectivity index (χ0) is 13.9. The molecule has 0 saturated carbocycles. The molecule has 0 radical (unpaired) electrons. The molecule has 2 N–H and O–H groups in total. The Morgan fingerprint density at radius 1 is 1.30 bits per heavy atom. The summed E-state index contributed by atoms with van der Waals surface area (Å²) in [6.07, 6.45) is 0. The van der Waals surface area contributed by atoms with E-state index in [0.29, 0.717) is 12.6 Å². The molecule has 2 heterocycles. The van der Waals surface area contributed by atoms with E-state index in [0.717, 1.165) is 32.7 Å². The van der Waals surface area contributed by atoms with Crippen LogP contribution < -0.4 is 10.6 Å². The van der Waals surface area contributed by atoms with E-state index < -0.39 is 0 Å². The van der Waals surface area contributed by atoms with Crippen molar-refractivity contribution in [1.29, 1.82) is 0 Å². The molecular weight excluding hydrogens is 252 g/mol. The fraction of sp³-hybridized carbons (Fsp3) is 0.533. The van der Waals surface area contributed by atoms with Gasteiger partial charge < -0.3 is 15.4 Å².